The lowest BCUT2D eigenvalue weighted by Gasteiger charge is -2.18. The Balaban J connectivity index is 1.57. The third-order valence-electron chi connectivity index (χ3n) is 4.99. The Morgan fingerprint density at radius 2 is 1.88 bits per heavy atom. The second-order valence-electron chi connectivity index (χ2n) is 6.69. The SMILES string of the molecule is c1ccc(-n2nc(C3CCOCC3)nc2CC[C@@H]2CCCO2)cc1. The summed E-state index contributed by atoms with van der Waals surface area (Å²) in [5.74, 6) is 2.45. The second-order valence-corrected chi connectivity index (χ2v) is 6.69. The van der Waals surface area contributed by atoms with Crippen molar-refractivity contribution in [2.75, 3.05) is 19.8 Å². The van der Waals surface area contributed by atoms with Crippen LogP contribution in [0.25, 0.3) is 5.69 Å². The highest BCUT2D eigenvalue weighted by Crippen LogP contribution is 2.26. The van der Waals surface area contributed by atoms with E-state index in [0.717, 1.165) is 62.8 Å². The molecule has 2 saturated heterocycles. The van der Waals surface area contributed by atoms with Gasteiger partial charge in [0.15, 0.2) is 5.82 Å². The normalized spacial score (nSPS) is 22.1. The molecule has 0 spiro atoms. The highest BCUT2D eigenvalue weighted by Gasteiger charge is 2.23. The average Bonchev–Trinajstić information content (AvgIpc) is 3.31. The van der Waals surface area contributed by atoms with Gasteiger partial charge in [-0.2, -0.15) is 5.10 Å². The van der Waals surface area contributed by atoms with E-state index in [1.165, 1.54) is 12.8 Å². The van der Waals surface area contributed by atoms with Gasteiger partial charge in [-0.15, -0.1) is 0 Å². The van der Waals surface area contributed by atoms with Gasteiger partial charge in [-0.1, -0.05) is 18.2 Å². The van der Waals surface area contributed by atoms with Crippen LogP contribution in [0.3, 0.4) is 0 Å². The first-order chi connectivity index (χ1) is 11.9. The molecule has 3 heterocycles. The minimum atomic E-state index is 0.387. The molecule has 5 nitrogen and oxygen atoms in total. The van der Waals surface area contributed by atoms with Gasteiger partial charge in [-0.25, -0.2) is 9.67 Å². The first-order valence-electron chi connectivity index (χ1n) is 9.11. The molecule has 2 aromatic rings. The molecule has 1 aromatic carbocycles. The van der Waals surface area contributed by atoms with Gasteiger partial charge in [-0.05, 0) is 44.2 Å². The number of aromatic nitrogens is 3. The van der Waals surface area contributed by atoms with Crippen LogP contribution in [-0.2, 0) is 15.9 Å². The van der Waals surface area contributed by atoms with Crippen LogP contribution in [0.2, 0.25) is 0 Å². The number of rotatable bonds is 5. The fraction of sp³-hybridized carbons (Fsp3) is 0.579. The van der Waals surface area contributed by atoms with Crippen molar-refractivity contribution < 1.29 is 9.47 Å². The molecule has 0 saturated carbocycles. The lowest BCUT2D eigenvalue weighted by atomic mass is 10.00. The predicted octanol–water partition coefficient (Wildman–Crippen LogP) is 3.27. The Labute approximate surface area is 143 Å². The summed E-state index contributed by atoms with van der Waals surface area (Å²) >= 11 is 0. The number of hydrogen-bond acceptors (Lipinski definition) is 4. The van der Waals surface area contributed by atoms with E-state index in [9.17, 15) is 0 Å². The highest BCUT2D eigenvalue weighted by molar-refractivity contribution is 5.31. The van der Waals surface area contributed by atoms with Crippen LogP contribution in [0.4, 0.5) is 0 Å². The Bertz CT molecular complexity index is 644. The maximum atomic E-state index is 5.77. The van der Waals surface area contributed by atoms with E-state index in [0.29, 0.717) is 12.0 Å². The molecule has 1 atom stereocenters. The van der Waals surface area contributed by atoms with E-state index in [-0.39, 0.29) is 0 Å². The monoisotopic (exact) mass is 327 g/mol. The minimum Gasteiger partial charge on any atom is -0.381 e. The van der Waals surface area contributed by atoms with Crippen LogP contribution >= 0.6 is 0 Å². The first-order valence-corrected chi connectivity index (χ1v) is 9.11. The summed E-state index contributed by atoms with van der Waals surface area (Å²) in [6.07, 6.45) is 6.72. The van der Waals surface area contributed by atoms with Crippen LogP contribution in [-0.4, -0.2) is 40.7 Å². The summed E-state index contributed by atoms with van der Waals surface area (Å²) < 4.78 is 13.3. The van der Waals surface area contributed by atoms with E-state index >= 15 is 0 Å². The molecule has 128 valence electrons. The second kappa shape index (κ2) is 7.45. The van der Waals surface area contributed by atoms with Crippen molar-refractivity contribution in [1.82, 2.24) is 14.8 Å². The lowest BCUT2D eigenvalue weighted by Crippen LogP contribution is -2.15. The molecule has 2 aliphatic heterocycles. The smallest absolute Gasteiger partial charge is 0.154 e. The molecule has 24 heavy (non-hydrogen) atoms. The van der Waals surface area contributed by atoms with Crippen molar-refractivity contribution in [3.05, 3.63) is 42.0 Å². The van der Waals surface area contributed by atoms with E-state index in [4.69, 9.17) is 19.6 Å². The Morgan fingerprint density at radius 1 is 1.04 bits per heavy atom. The molecular formula is C19H25N3O2. The Morgan fingerprint density at radius 3 is 2.62 bits per heavy atom. The van der Waals surface area contributed by atoms with Crippen molar-refractivity contribution in [2.24, 2.45) is 0 Å². The molecule has 0 N–H and O–H groups in total. The molecule has 0 aliphatic carbocycles. The van der Waals surface area contributed by atoms with Gasteiger partial charge < -0.3 is 9.47 Å². The van der Waals surface area contributed by atoms with Crippen molar-refractivity contribution >= 4 is 0 Å². The number of aryl methyl sites for hydroxylation is 1. The first kappa shape index (κ1) is 15.8. The van der Waals surface area contributed by atoms with Crippen LogP contribution in [0, 0.1) is 0 Å². The standard InChI is InChI=1S/C19H25N3O2/c1-2-5-16(6-3-1)22-18(9-8-17-7-4-12-24-17)20-19(21-22)15-10-13-23-14-11-15/h1-3,5-6,15,17H,4,7-14H2/t17-/m0/s1. The molecule has 0 unspecified atom stereocenters. The molecular weight excluding hydrogens is 302 g/mol. The molecule has 0 radical (unpaired) electrons. The maximum Gasteiger partial charge on any atom is 0.154 e. The van der Waals surface area contributed by atoms with Crippen LogP contribution < -0.4 is 0 Å². The van der Waals surface area contributed by atoms with Gasteiger partial charge in [0.25, 0.3) is 0 Å². The zero-order chi connectivity index (χ0) is 16.2. The van der Waals surface area contributed by atoms with Crippen molar-refractivity contribution in [1.29, 1.82) is 0 Å². The molecule has 5 heteroatoms. The highest BCUT2D eigenvalue weighted by atomic mass is 16.5. The fourth-order valence-corrected chi connectivity index (χ4v) is 3.59. The predicted molar refractivity (Wildman–Crippen MR) is 91.4 cm³/mol. The van der Waals surface area contributed by atoms with Gasteiger partial charge in [0.05, 0.1) is 11.8 Å². The van der Waals surface area contributed by atoms with Crippen LogP contribution in [0.5, 0.6) is 0 Å². The number of benzene rings is 1. The van der Waals surface area contributed by atoms with Gasteiger partial charge in [0, 0.05) is 32.2 Å². The molecule has 2 fully saturated rings. The van der Waals surface area contributed by atoms with E-state index in [2.05, 4.69) is 24.3 Å². The topological polar surface area (TPSA) is 49.2 Å². The summed E-state index contributed by atoms with van der Waals surface area (Å²) in [7, 11) is 0. The molecule has 1 aromatic heterocycles. The average molecular weight is 327 g/mol. The summed E-state index contributed by atoms with van der Waals surface area (Å²) in [4.78, 5) is 4.91. The zero-order valence-electron chi connectivity index (χ0n) is 14.1. The molecule has 0 amide bonds. The zero-order valence-corrected chi connectivity index (χ0v) is 14.1. The maximum absolute atomic E-state index is 5.77. The number of ether oxygens (including phenoxy) is 2. The third kappa shape index (κ3) is 3.52. The van der Waals surface area contributed by atoms with Crippen molar-refractivity contribution in [2.45, 2.75) is 50.5 Å². The van der Waals surface area contributed by atoms with Crippen LogP contribution in [0.1, 0.15) is 49.7 Å². The van der Waals surface area contributed by atoms with Gasteiger partial charge in [0.2, 0.25) is 0 Å². The quantitative estimate of drug-likeness (QED) is 0.846. The molecule has 4 rings (SSSR count). The number of nitrogens with zero attached hydrogens (tertiary/aromatic N) is 3. The molecule has 2 aliphatic rings. The minimum absolute atomic E-state index is 0.387. The Kier molecular flexibility index (Phi) is 4.90. The molecule has 0 bridgehead atoms. The van der Waals surface area contributed by atoms with Gasteiger partial charge in [0.1, 0.15) is 5.82 Å². The van der Waals surface area contributed by atoms with Crippen molar-refractivity contribution in [3.63, 3.8) is 0 Å². The fourth-order valence-electron chi connectivity index (χ4n) is 3.59. The van der Waals surface area contributed by atoms with Gasteiger partial charge in [-0.3, -0.25) is 0 Å². The number of hydrogen-bond donors (Lipinski definition) is 0. The lowest BCUT2D eigenvalue weighted by molar-refractivity contribution is 0.0836. The Hall–Kier alpha value is -1.72. The largest absolute Gasteiger partial charge is 0.381 e. The summed E-state index contributed by atoms with van der Waals surface area (Å²) in [5.41, 5.74) is 1.09. The third-order valence-corrected chi connectivity index (χ3v) is 4.99. The van der Waals surface area contributed by atoms with Crippen LogP contribution in [0.15, 0.2) is 30.3 Å². The summed E-state index contributed by atoms with van der Waals surface area (Å²) in [6, 6.07) is 10.3. The number of para-hydroxylation sites is 1. The summed E-state index contributed by atoms with van der Waals surface area (Å²) in [5, 5.41) is 4.86. The van der Waals surface area contributed by atoms with E-state index < -0.39 is 0 Å². The van der Waals surface area contributed by atoms with E-state index in [1.807, 2.05) is 10.7 Å². The summed E-state index contributed by atoms with van der Waals surface area (Å²) in [6.45, 7) is 2.54. The van der Waals surface area contributed by atoms with Crippen molar-refractivity contribution in [3.8, 4) is 5.69 Å². The van der Waals surface area contributed by atoms with Gasteiger partial charge >= 0.3 is 0 Å². The van der Waals surface area contributed by atoms with E-state index in [1.54, 1.807) is 0 Å².